The van der Waals surface area contributed by atoms with Gasteiger partial charge in [0.15, 0.2) is 0 Å². The van der Waals surface area contributed by atoms with Gasteiger partial charge < -0.3 is 15.4 Å². The second-order valence-electron chi connectivity index (χ2n) is 5.64. The highest BCUT2D eigenvalue weighted by Crippen LogP contribution is 2.47. The number of nitrogen functional groups attached to an aromatic ring is 1. The topological polar surface area (TPSA) is 137 Å². The number of benzene rings is 1. The van der Waals surface area contributed by atoms with E-state index in [4.69, 9.17) is 14.8 Å². The van der Waals surface area contributed by atoms with Gasteiger partial charge in [-0.15, -0.1) is 11.8 Å². The Kier molecular flexibility index (Phi) is 5.69. The smallest absolute Gasteiger partial charge is 0.404 e. The van der Waals surface area contributed by atoms with Gasteiger partial charge in [0.1, 0.15) is 11.6 Å². The predicted molar refractivity (Wildman–Crippen MR) is 96.8 cm³/mol. The minimum absolute atomic E-state index is 0.119. The number of para-hydroxylation sites is 1. The summed E-state index contributed by atoms with van der Waals surface area (Å²) in [5, 5.41) is 9.32. The van der Waals surface area contributed by atoms with Crippen LogP contribution in [-0.2, 0) is 9.09 Å². The number of phosphoric ester groups is 1. The van der Waals surface area contributed by atoms with E-state index < -0.39 is 24.9 Å². The zero-order chi connectivity index (χ0) is 18.7. The number of aliphatic hydroxyl groups excluding tert-OH is 1. The maximum Gasteiger partial charge on any atom is 0.527 e. The third kappa shape index (κ3) is 4.66. The average Bonchev–Trinajstić information content (AvgIpc) is 2.94. The molecule has 0 amide bonds. The summed E-state index contributed by atoms with van der Waals surface area (Å²) in [7, 11) is -4.32. The third-order valence-electron chi connectivity index (χ3n) is 3.73. The summed E-state index contributed by atoms with van der Waals surface area (Å²) in [5.41, 5.74) is 4.95. The number of aliphatic hydroxyl groups is 1. The first-order chi connectivity index (χ1) is 12.3. The second-order valence-corrected chi connectivity index (χ2v) is 8.44. The van der Waals surface area contributed by atoms with Crippen LogP contribution in [0.1, 0.15) is 11.8 Å². The molecule has 1 aromatic carbocycles. The van der Waals surface area contributed by atoms with Gasteiger partial charge in [0.05, 0.1) is 23.3 Å². The quantitative estimate of drug-likeness (QED) is 0.615. The van der Waals surface area contributed by atoms with Crippen LogP contribution in [0.15, 0.2) is 47.4 Å². The van der Waals surface area contributed by atoms with E-state index in [0.717, 1.165) is 0 Å². The number of aromatic nitrogens is 2. The van der Waals surface area contributed by atoms with Crippen molar-refractivity contribution in [2.45, 2.75) is 23.1 Å². The number of rotatable bonds is 6. The van der Waals surface area contributed by atoms with E-state index in [-0.39, 0.29) is 30.0 Å². The highest BCUT2D eigenvalue weighted by Gasteiger charge is 2.37. The molecule has 11 heteroatoms. The molecule has 0 spiro atoms. The molecule has 2 aromatic rings. The third-order valence-corrected chi connectivity index (χ3v) is 6.18. The van der Waals surface area contributed by atoms with Crippen molar-refractivity contribution < 1.29 is 23.6 Å². The summed E-state index contributed by atoms with van der Waals surface area (Å²) in [6.45, 7) is -0.208. The minimum atomic E-state index is -4.32. The first-order valence-electron chi connectivity index (χ1n) is 7.74. The van der Waals surface area contributed by atoms with Crippen molar-refractivity contribution in [3.63, 3.8) is 0 Å². The maximum absolute atomic E-state index is 12.0. The lowest BCUT2D eigenvalue weighted by Crippen LogP contribution is -2.25. The fourth-order valence-corrected chi connectivity index (χ4v) is 4.82. The summed E-state index contributed by atoms with van der Waals surface area (Å²) in [6.07, 6.45) is 0.971. The molecule has 3 unspecified atom stereocenters. The molecule has 1 aliphatic heterocycles. The maximum atomic E-state index is 12.0. The van der Waals surface area contributed by atoms with Crippen molar-refractivity contribution in [3.8, 4) is 5.75 Å². The van der Waals surface area contributed by atoms with E-state index in [1.165, 1.54) is 40.7 Å². The lowest BCUT2D eigenvalue weighted by molar-refractivity contribution is 0.130. The first kappa shape index (κ1) is 18.9. The SMILES string of the molecule is Nc1ccn([C@H]2CC(O)C(COP(=O)(O)Oc3ccccc3)S2)c(=O)n1. The standard InChI is InChI=1S/C15H18N3O6PS/c16-13-6-7-18(15(20)17-13)14-8-11(19)12(26-14)9-23-25(21,22)24-10-4-2-1-3-5-10/h1-7,11-12,14,19H,8-9H2,(H,21,22)(H2,16,17,20)/t11?,12?,14-/m1/s1. The van der Waals surface area contributed by atoms with Crippen LogP contribution < -0.4 is 15.9 Å². The first-order valence-corrected chi connectivity index (χ1v) is 10.2. The van der Waals surface area contributed by atoms with Crippen molar-refractivity contribution in [1.29, 1.82) is 0 Å². The molecule has 1 fully saturated rings. The number of nitrogens with two attached hydrogens (primary N) is 1. The molecule has 1 aliphatic rings. The van der Waals surface area contributed by atoms with Crippen molar-refractivity contribution in [2.24, 2.45) is 0 Å². The molecule has 3 rings (SSSR count). The van der Waals surface area contributed by atoms with Crippen LogP contribution in [0.5, 0.6) is 5.75 Å². The number of anilines is 1. The van der Waals surface area contributed by atoms with Gasteiger partial charge in [-0.25, -0.2) is 9.36 Å². The van der Waals surface area contributed by atoms with Crippen molar-refractivity contribution in [3.05, 3.63) is 53.1 Å². The van der Waals surface area contributed by atoms with Crippen molar-refractivity contribution in [1.82, 2.24) is 9.55 Å². The molecule has 0 bridgehead atoms. The monoisotopic (exact) mass is 399 g/mol. The molecule has 4 atom stereocenters. The van der Waals surface area contributed by atoms with E-state index in [2.05, 4.69) is 4.98 Å². The van der Waals surface area contributed by atoms with Gasteiger partial charge in [-0.3, -0.25) is 14.0 Å². The highest BCUT2D eigenvalue weighted by molar-refractivity contribution is 8.00. The number of hydrogen-bond acceptors (Lipinski definition) is 8. The molecule has 0 radical (unpaired) electrons. The van der Waals surface area contributed by atoms with Gasteiger partial charge in [0, 0.05) is 12.6 Å². The van der Waals surface area contributed by atoms with Gasteiger partial charge in [0.2, 0.25) is 0 Å². The van der Waals surface area contributed by atoms with Crippen LogP contribution in [0.25, 0.3) is 0 Å². The van der Waals surface area contributed by atoms with Crippen LogP contribution >= 0.6 is 19.6 Å². The summed E-state index contributed by atoms with van der Waals surface area (Å²) in [5.74, 6) is 0.323. The number of phosphoric acid groups is 1. The molecule has 0 saturated carbocycles. The van der Waals surface area contributed by atoms with Gasteiger partial charge in [0.25, 0.3) is 0 Å². The van der Waals surface area contributed by atoms with E-state index in [1.54, 1.807) is 18.2 Å². The van der Waals surface area contributed by atoms with Crippen LogP contribution in [0.3, 0.4) is 0 Å². The Balaban J connectivity index is 1.60. The van der Waals surface area contributed by atoms with Crippen LogP contribution in [0, 0.1) is 0 Å². The lowest BCUT2D eigenvalue weighted by Gasteiger charge is -2.17. The Morgan fingerprint density at radius 2 is 2.08 bits per heavy atom. The Hall–Kier alpha value is -1.84. The summed E-state index contributed by atoms with van der Waals surface area (Å²) in [4.78, 5) is 25.4. The Labute approximate surface area is 153 Å². The van der Waals surface area contributed by atoms with Crippen LogP contribution in [0.2, 0.25) is 0 Å². The molecule has 1 aromatic heterocycles. The zero-order valence-corrected chi connectivity index (χ0v) is 15.3. The van der Waals surface area contributed by atoms with Gasteiger partial charge in [-0.05, 0) is 18.2 Å². The molecule has 0 aliphatic carbocycles. The van der Waals surface area contributed by atoms with E-state index in [1.807, 2.05) is 0 Å². The fourth-order valence-electron chi connectivity index (χ4n) is 2.49. The lowest BCUT2D eigenvalue weighted by atomic mass is 10.2. The van der Waals surface area contributed by atoms with Crippen molar-refractivity contribution >= 4 is 25.4 Å². The summed E-state index contributed by atoms with van der Waals surface area (Å²) < 4.78 is 23.4. The Morgan fingerprint density at radius 3 is 2.77 bits per heavy atom. The van der Waals surface area contributed by atoms with E-state index >= 15 is 0 Å². The van der Waals surface area contributed by atoms with Gasteiger partial charge >= 0.3 is 13.5 Å². The van der Waals surface area contributed by atoms with Gasteiger partial charge in [-0.1, -0.05) is 18.2 Å². The summed E-state index contributed by atoms with van der Waals surface area (Å²) in [6, 6.07) is 9.62. The number of hydrogen-bond donors (Lipinski definition) is 3. The zero-order valence-electron chi connectivity index (χ0n) is 13.5. The molecule has 2 heterocycles. The average molecular weight is 399 g/mol. The van der Waals surface area contributed by atoms with E-state index in [9.17, 15) is 19.4 Å². The Morgan fingerprint density at radius 1 is 1.35 bits per heavy atom. The number of nitrogens with zero attached hydrogens (tertiary/aromatic N) is 2. The molecule has 1 saturated heterocycles. The molecule has 26 heavy (non-hydrogen) atoms. The Bertz CT molecular complexity index is 864. The van der Waals surface area contributed by atoms with Gasteiger partial charge in [-0.2, -0.15) is 4.98 Å². The van der Waals surface area contributed by atoms with E-state index in [0.29, 0.717) is 0 Å². The van der Waals surface area contributed by atoms with Crippen LogP contribution in [-0.4, -0.2) is 37.5 Å². The summed E-state index contributed by atoms with van der Waals surface area (Å²) >= 11 is 1.26. The molecular formula is C15H18N3O6PS. The molecule has 9 nitrogen and oxygen atoms in total. The predicted octanol–water partition coefficient (Wildman–Crippen LogP) is 1.39. The van der Waals surface area contributed by atoms with Crippen LogP contribution in [0.4, 0.5) is 5.82 Å². The molecule has 140 valence electrons. The normalized spacial score (nSPS) is 24.9. The molecule has 4 N–H and O–H groups in total. The second kappa shape index (κ2) is 7.81. The van der Waals surface area contributed by atoms with Crippen molar-refractivity contribution in [2.75, 3.05) is 12.3 Å². The molecular weight excluding hydrogens is 381 g/mol. The minimum Gasteiger partial charge on any atom is -0.404 e. The number of thioether (sulfide) groups is 1. The fraction of sp³-hybridized carbons (Fsp3) is 0.333. The highest BCUT2D eigenvalue weighted by atomic mass is 32.2. The largest absolute Gasteiger partial charge is 0.527 e.